The molecule has 0 atom stereocenters. The van der Waals surface area contributed by atoms with Crippen LogP contribution in [0.15, 0.2) is 41.4 Å². The quantitative estimate of drug-likeness (QED) is 0.445. The zero-order chi connectivity index (χ0) is 19.1. The lowest BCUT2D eigenvalue weighted by Gasteiger charge is -2.17. The van der Waals surface area contributed by atoms with E-state index in [1.807, 2.05) is 30.7 Å². The molecule has 0 saturated carbocycles. The van der Waals surface area contributed by atoms with Crippen LogP contribution in [0.5, 0.6) is 5.75 Å². The van der Waals surface area contributed by atoms with Crippen LogP contribution in [0.3, 0.4) is 0 Å². The summed E-state index contributed by atoms with van der Waals surface area (Å²) in [5, 5.41) is 15.2. The second-order valence-corrected chi connectivity index (χ2v) is 6.70. The van der Waals surface area contributed by atoms with E-state index in [1.54, 1.807) is 7.11 Å². The van der Waals surface area contributed by atoms with Gasteiger partial charge in [-0.3, -0.25) is 0 Å². The minimum atomic E-state index is 0.401. The summed E-state index contributed by atoms with van der Waals surface area (Å²) in [4.78, 5) is 4.71. The highest BCUT2D eigenvalue weighted by Gasteiger charge is 2.12. The molecule has 0 amide bonds. The predicted octanol–water partition coefficient (Wildman–Crippen LogP) is 2.13. The van der Waals surface area contributed by atoms with E-state index in [0.29, 0.717) is 12.6 Å². The molecule has 144 valence electrons. The molecule has 7 nitrogen and oxygen atoms in total. The Morgan fingerprint density at radius 1 is 1.22 bits per heavy atom. The molecule has 0 radical (unpaired) electrons. The Labute approximate surface area is 160 Å². The Morgan fingerprint density at radius 2 is 1.96 bits per heavy atom. The number of hydrogen-bond donors (Lipinski definition) is 2. The number of aromatic nitrogens is 3. The van der Waals surface area contributed by atoms with Crippen LogP contribution in [0.2, 0.25) is 0 Å². The van der Waals surface area contributed by atoms with Crippen molar-refractivity contribution in [2.75, 3.05) is 13.7 Å². The zero-order valence-corrected chi connectivity index (χ0v) is 16.3. The number of ether oxygens (including phenoxy) is 1. The first-order valence-corrected chi connectivity index (χ1v) is 9.33. The summed E-state index contributed by atoms with van der Waals surface area (Å²) in [5.41, 5.74) is 1.26. The molecule has 1 heterocycles. The fraction of sp³-hybridized carbons (Fsp3) is 0.450. The van der Waals surface area contributed by atoms with Crippen LogP contribution in [-0.2, 0) is 20.0 Å². The van der Waals surface area contributed by atoms with Gasteiger partial charge in [-0.1, -0.05) is 24.3 Å². The van der Waals surface area contributed by atoms with E-state index in [0.717, 1.165) is 49.2 Å². The van der Waals surface area contributed by atoms with Gasteiger partial charge >= 0.3 is 0 Å². The van der Waals surface area contributed by atoms with Gasteiger partial charge in [-0.15, -0.1) is 10.2 Å². The molecule has 7 heteroatoms. The van der Waals surface area contributed by atoms with Crippen LogP contribution in [0.25, 0.3) is 0 Å². The fourth-order valence-electron chi connectivity index (χ4n) is 2.94. The van der Waals surface area contributed by atoms with Crippen LogP contribution < -0.4 is 15.4 Å². The van der Waals surface area contributed by atoms with Crippen LogP contribution in [-0.4, -0.2) is 40.4 Å². The summed E-state index contributed by atoms with van der Waals surface area (Å²) in [6, 6.07) is 8.56. The number of aryl methyl sites for hydroxylation is 1. The zero-order valence-electron chi connectivity index (χ0n) is 16.3. The Kier molecular flexibility index (Phi) is 6.46. The van der Waals surface area contributed by atoms with Crippen molar-refractivity contribution in [3.05, 3.63) is 53.6 Å². The molecule has 0 aliphatic heterocycles. The number of hydrogen-bond acceptors (Lipinski definition) is 4. The highest BCUT2D eigenvalue weighted by Crippen LogP contribution is 2.12. The Bertz CT molecular complexity index is 785. The summed E-state index contributed by atoms with van der Waals surface area (Å²) < 4.78 is 7.18. The van der Waals surface area contributed by atoms with Gasteiger partial charge in [0.15, 0.2) is 11.8 Å². The van der Waals surface area contributed by atoms with Crippen molar-refractivity contribution in [3.63, 3.8) is 0 Å². The molecule has 0 saturated heterocycles. The third-order valence-electron chi connectivity index (χ3n) is 4.78. The van der Waals surface area contributed by atoms with Crippen molar-refractivity contribution in [1.82, 2.24) is 25.4 Å². The molecule has 0 spiro atoms. The van der Waals surface area contributed by atoms with Gasteiger partial charge in [0, 0.05) is 19.6 Å². The predicted molar refractivity (Wildman–Crippen MR) is 107 cm³/mol. The lowest BCUT2D eigenvalue weighted by atomic mass is 10.1. The van der Waals surface area contributed by atoms with Gasteiger partial charge in [0.2, 0.25) is 0 Å². The molecule has 3 rings (SSSR count). The number of nitrogens with one attached hydrogen (secondary N) is 2. The molecule has 2 N–H and O–H groups in total. The topological polar surface area (TPSA) is 76.4 Å². The maximum Gasteiger partial charge on any atom is 0.191 e. The molecule has 1 aliphatic carbocycles. The van der Waals surface area contributed by atoms with Gasteiger partial charge in [0.05, 0.1) is 7.11 Å². The lowest BCUT2D eigenvalue weighted by Crippen LogP contribution is -2.43. The molecule has 1 aromatic heterocycles. The van der Waals surface area contributed by atoms with Crippen molar-refractivity contribution in [2.45, 2.75) is 38.8 Å². The number of nitrogens with zero attached hydrogens (tertiary/aromatic N) is 4. The third kappa shape index (κ3) is 5.32. The fourth-order valence-corrected chi connectivity index (χ4v) is 2.94. The van der Waals surface area contributed by atoms with E-state index in [4.69, 9.17) is 9.73 Å². The summed E-state index contributed by atoms with van der Waals surface area (Å²) in [6.07, 6.45) is 7.39. The summed E-state index contributed by atoms with van der Waals surface area (Å²) in [6.45, 7) is 3.24. The van der Waals surface area contributed by atoms with E-state index >= 15 is 0 Å². The van der Waals surface area contributed by atoms with Gasteiger partial charge in [-0.05, 0) is 43.9 Å². The Morgan fingerprint density at radius 3 is 2.59 bits per heavy atom. The summed E-state index contributed by atoms with van der Waals surface area (Å²) in [7, 11) is 3.65. The SMILES string of the molecule is COc1ccc(CCNC(=NCc2nnc(C)n2C)NC2CC=CC2)cc1. The number of rotatable bonds is 7. The molecule has 27 heavy (non-hydrogen) atoms. The maximum atomic E-state index is 5.21. The Balaban J connectivity index is 1.58. The lowest BCUT2D eigenvalue weighted by molar-refractivity contribution is 0.414. The van der Waals surface area contributed by atoms with Crippen molar-refractivity contribution in [1.29, 1.82) is 0 Å². The minimum Gasteiger partial charge on any atom is -0.497 e. The highest BCUT2D eigenvalue weighted by molar-refractivity contribution is 5.80. The summed E-state index contributed by atoms with van der Waals surface area (Å²) >= 11 is 0. The third-order valence-corrected chi connectivity index (χ3v) is 4.78. The number of benzene rings is 1. The van der Waals surface area contributed by atoms with E-state index in [2.05, 4.69) is 45.1 Å². The molecule has 2 aromatic rings. The largest absolute Gasteiger partial charge is 0.497 e. The molecular formula is C20H28N6O. The van der Waals surface area contributed by atoms with Crippen molar-refractivity contribution in [3.8, 4) is 5.75 Å². The molecule has 0 bridgehead atoms. The average molecular weight is 368 g/mol. The maximum absolute atomic E-state index is 5.21. The summed E-state index contributed by atoms with van der Waals surface area (Å²) in [5.74, 6) is 3.44. The molecule has 0 fully saturated rings. The van der Waals surface area contributed by atoms with Gasteiger partial charge in [0.25, 0.3) is 0 Å². The normalized spacial score (nSPS) is 14.6. The Hall–Kier alpha value is -2.83. The van der Waals surface area contributed by atoms with Gasteiger partial charge in [-0.25, -0.2) is 4.99 Å². The van der Waals surface area contributed by atoms with E-state index < -0.39 is 0 Å². The standard InChI is InChI=1S/C20H28N6O/c1-15-24-25-19(26(15)2)14-22-20(23-17-6-4-5-7-17)21-13-12-16-8-10-18(27-3)11-9-16/h4-5,8-11,17H,6-7,12-14H2,1-3H3,(H2,21,22,23). The van der Waals surface area contributed by atoms with Gasteiger partial charge < -0.3 is 19.9 Å². The monoisotopic (exact) mass is 368 g/mol. The van der Waals surface area contributed by atoms with Gasteiger partial charge in [0.1, 0.15) is 18.1 Å². The van der Waals surface area contributed by atoms with Crippen LogP contribution in [0, 0.1) is 6.92 Å². The second-order valence-electron chi connectivity index (χ2n) is 6.70. The minimum absolute atomic E-state index is 0.401. The van der Waals surface area contributed by atoms with Crippen LogP contribution in [0.4, 0.5) is 0 Å². The highest BCUT2D eigenvalue weighted by atomic mass is 16.5. The number of aliphatic imine (C=N–C) groups is 1. The molecule has 0 unspecified atom stereocenters. The van der Waals surface area contributed by atoms with Crippen molar-refractivity contribution < 1.29 is 4.74 Å². The van der Waals surface area contributed by atoms with Gasteiger partial charge in [-0.2, -0.15) is 0 Å². The van der Waals surface area contributed by atoms with E-state index in [1.165, 1.54) is 5.56 Å². The average Bonchev–Trinajstić information content (AvgIpc) is 3.31. The molecule has 1 aliphatic rings. The second kappa shape index (κ2) is 9.21. The molecular weight excluding hydrogens is 340 g/mol. The van der Waals surface area contributed by atoms with Crippen molar-refractivity contribution >= 4 is 5.96 Å². The number of methoxy groups -OCH3 is 1. The molecule has 1 aromatic carbocycles. The first-order chi connectivity index (χ1) is 13.2. The van der Waals surface area contributed by atoms with E-state index in [-0.39, 0.29) is 0 Å². The van der Waals surface area contributed by atoms with Crippen LogP contribution in [0.1, 0.15) is 30.1 Å². The smallest absolute Gasteiger partial charge is 0.191 e. The first kappa shape index (κ1) is 18.9. The van der Waals surface area contributed by atoms with Crippen LogP contribution >= 0.6 is 0 Å². The van der Waals surface area contributed by atoms with E-state index in [9.17, 15) is 0 Å². The number of guanidine groups is 1. The van der Waals surface area contributed by atoms with Crippen molar-refractivity contribution in [2.24, 2.45) is 12.0 Å². The first-order valence-electron chi connectivity index (χ1n) is 9.33.